The minimum atomic E-state index is -5.72. The molecular formula is C54H75ClN10O27P2. The highest BCUT2D eigenvalue weighted by Crippen LogP contribution is 2.61. The number of nitrogens with zero attached hydrogens (tertiary/aromatic N) is 1. The molecule has 520 valence electrons. The van der Waals surface area contributed by atoms with Gasteiger partial charge in [-0.25, -0.2) is 34.2 Å². The molecule has 0 radical (unpaired) electrons. The third-order valence-corrected chi connectivity index (χ3v) is 16.9. The van der Waals surface area contributed by atoms with Crippen molar-refractivity contribution in [2.24, 2.45) is 5.90 Å². The summed E-state index contributed by atoms with van der Waals surface area (Å²) < 4.78 is 74.4. The molecule has 2 aromatic carbocycles. The van der Waals surface area contributed by atoms with Gasteiger partial charge in [-0.05, 0) is 63.3 Å². The van der Waals surface area contributed by atoms with Gasteiger partial charge >= 0.3 is 45.6 Å². The first kappa shape index (κ1) is 76.4. The summed E-state index contributed by atoms with van der Waals surface area (Å²) in [7, 11) is -5.95. The van der Waals surface area contributed by atoms with E-state index in [1.807, 2.05) is 5.32 Å². The molecule has 15 N–H and O–H groups in total. The molecular weight excluding hydrogens is 1320 g/mol. The number of fused-ring (bicyclic) bond motifs is 4. The summed E-state index contributed by atoms with van der Waals surface area (Å²) in [6, 6.07) is -0.0973. The van der Waals surface area contributed by atoms with Crippen LogP contribution in [0.25, 0.3) is 21.8 Å². The molecule has 4 aromatic rings. The van der Waals surface area contributed by atoms with Crippen molar-refractivity contribution in [1.29, 1.82) is 0 Å². The molecule has 0 spiro atoms. The van der Waals surface area contributed by atoms with Crippen molar-refractivity contribution in [1.82, 2.24) is 41.9 Å². The number of carboxylic acid groups (broad SMARTS) is 3. The van der Waals surface area contributed by atoms with E-state index in [1.165, 1.54) is 44.4 Å². The number of ether oxygens (including phenoxy) is 6. The molecule has 0 saturated heterocycles. The maximum Gasteiger partial charge on any atom is 0.536 e. The molecule has 1 aliphatic heterocycles. The van der Waals surface area contributed by atoms with E-state index in [1.54, 1.807) is 19.9 Å². The van der Waals surface area contributed by atoms with E-state index in [0.717, 1.165) is 7.11 Å². The van der Waals surface area contributed by atoms with Crippen molar-refractivity contribution in [2.75, 3.05) is 98.4 Å². The molecule has 40 heteroatoms. The third kappa shape index (κ3) is 22.1. The fourth-order valence-corrected chi connectivity index (χ4v) is 11.8. The number of carbonyl (C=O) groups excluding carboxylic acids is 7. The number of carbonyl (C=O) groups is 10. The number of amides is 7. The Labute approximate surface area is 540 Å². The summed E-state index contributed by atoms with van der Waals surface area (Å²) >= 11 is 6.46. The number of aliphatic carboxylic acids is 3. The summed E-state index contributed by atoms with van der Waals surface area (Å²) in [6.07, 6.45) is -2.02. The van der Waals surface area contributed by atoms with Gasteiger partial charge in [0.25, 0.3) is 5.91 Å². The van der Waals surface area contributed by atoms with Gasteiger partial charge in [0.15, 0.2) is 17.2 Å². The Hall–Kier alpha value is -8.35. The number of phosphoric ester groups is 2. The number of hydrogen-bond donors (Lipinski definition) is 14. The van der Waals surface area contributed by atoms with Crippen molar-refractivity contribution in [2.45, 2.75) is 88.4 Å². The van der Waals surface area contributed by atoms with E-state index in [0.29, 0.717) is 28.6 Å². The predicted octanol–water partition coefficient (Wildman–Crippen LogP) is 1.61. The summed E-state index contributed by atoms with van der Waals surface area (Å²) in [6.45, 7) is 1.62. The smallest absolute Gasteiger partial charge is 0.493 e. The Balaban J connectivity index is 1.08. The van der Waals surface area contributed by atoms with Crippen LogP contribution in [0.15, 0.2) is 24.3 Å². The lowest BCUT2D eigenvalue weighted by Crippen LogP contribution is -2.51. The van der Waals surface area contributed by atoms with Gasteiger partial charge in [0.1, 0.15) is 36.1 Å². The normalized spacial score (nSPS) is 15.0. The second-order valence-corrected chi connectivity index (χ2v) is 24.4. The highest BCUT2D eigenvalue weighted by molar-refractivity contribution is 7.61. The Morgan fingerprint density at radius 2 is 1.32 bits per heavy atom. The van der Waals surface area contributed by atoms with Crippen LogP contribution in [0.5, 0.6) is 23.0 Å². The summed E-state index contributed by atoms with van der Waals surface area (Å²) in [5, 5.41) is 42.1. The van der Waals surface area contributed by atoms with Crippen molar-refractivity contribution >= 4 is 114 Å². The van der Waals surface area contributed by atoms with Gasteiger partial charge in [-0.2, -0.15) is 4.31 Å². The van der Waals surface area contributed by atoms with Crippen LogP contribution in [-0.2, 0) is 70.6 Å². The number of esters is 1. The SMILES string of the molecule is COC(=O)c1cc2c3c(cc(OP(=O)(O)OP(=O)(O)OCCNC(=O)C(CCC(=O)NCCOCCOC(C)(C)CCNC(=O)CC[C@H](NC(=O)N[C@@H](CCC(=O)O)C(=O)O)C(=O)O)NC(=O)CON)c2[nH]1)N(C(=O)c1cc2cc(OC)c(OC)c(OC)c2[nH]1)C[C@H]3CCl. The molecule has 0 bridgehead atoms. The number of carboxylic acids is 3. The highest BCUT2D eigenvalue weighted by atomic mass is 35.5. The van der Waals surface area contributed by atoms with E-state index in [2.05, 4.69) is 45.7 Å². The first-order valence-electron chi connectivity index (χ1n) is 28.5. The number of hydrogen-bond acceptors (Lipinski definition) is 23. The lowest BCUT2D eigenvalue weighted by molar-refractivity contribution is -0.141. The third-order valence-electron chi connectivity index (χ3n) is 13.9. The van der Waals surface area contributed by atoms with Gasteiger partial charge in [-0.15, -0.1) is 11.6 Å². The number of methoxy groups -OCH3 is 4. The first-order chi connectivity index (χ1) is 44.4. The van der Waals surface area contributed by atoms with Crippen LogP contribution in [0.1, 0.15) is 91.3 Å². The standard InChI is InChI=1S/C54H75ClN10O27P2/c1-54(2,13-14-57-39(66)11-8-32(50(73)74)63-53(78)64-33(51(75)76)9-12-42(69)70)88-20-19-87-17-15-58-40(67)10-7-31(60-41(68)27-89-56)48(71)59-16-18-90-93(79,80)92-94(81,82)91-37-24-36-43(30-23-35(52(77)86-6)62-45(30)37)29(25-55)26-65(36)49(72)34-21-28-22-38(83-3)46(84-4)47(85-5)44(28)61-34/h21-24,29,31-33,61-62H,7-20,25-27,56H2,1-6H3,(H,57,66)(H,58,67)(H,59,71)(H,60,68)(H,69,70)(H,73,74)(H,75,76)(H,79,80)(H,81,82)(H2,63,64,78)/t29-,31?,32+,33+/m1/s1. The largest absolute Gasteiger partial charge is 0.536 e. The second kappa shape index (κ2) is 35.2. The van der Waals surface area contributed by atoms with Crippen LogP contribution >= 0.6 is 27.2 Å². The zero-order chi connectivity index (χ0) is 69.7. The quantitative estimate of drug-likeness (QED) is 0.00987. The van der Waals surface area contributed by atoms with Crippen LogP contribution in [0.4, 0.5) is 10.5 Å². The number of halogens is 1. The Morgan fingerprint density at radius 1 is 0.702 bits per heavy atom. The van der Waals surface area contributed by atoms with Gasteiger partial charge in [0.05, 0.1) is 77.2 Å². The van der Waals surface area contributed by atoms with Crippen molar-refractivity contribution in [3.05, 3.63) is 41.2 Å². The number of alkyl halides is 1. The topological polar surface area (TPSA) is 531 Å². The fraction of sp³-hybridized carbons (Fsp3) is 0.519. The van der Waals surface area contributed by atoms with Gasteiger partial charge in [0.2, 0.25) is 29.4 Å². The number of rotatable bonds is 41. The molecule has 94 heavy (non-hydrogen) atoms. The van der Waals surface area contributed by atoms with E-state index in [-0.39, 0.29) is 110 Å². The maximum atomic E-state index is 14.5. The number of aromatic amines is 2. The van der Waals surface area contributed by atoms with Crippen molar-refractivity contribution in [3.63, 3.8) is 0 Å². The lowest BCUT2D eigenvalue weighted by Gasteiger charge is -2.25. The molecule has 3 unspecified atom stereocenters. The summed E-state index contributed by atoms with van der Waals surface area (Å²) in [5.41, 5.74) is -0.106. The van der Waals surface area contributed by atoms with Crippen LogP contribution in [0.2, 0.25) is 0 Å². The predicted molar refractivity (Wildman–Crippen MR) is 326 cm³/mol. The number of anilines is 1. The fourth-order valence-electron chi connectivity index (χ4n) is 9.47. The van der Waals surface area contributed by atoms with Gasteiger partial charge in [0, 0.05) is 74.1 Å². The Kier molecular flexibility index (Phi) is 28.6. The molecule has 3 heterocycles. The van der Waals surface area contributed by atoms with E-state index < -0.39 is 143 Å². The van der Waals surface area contributed by atoms with Crippen LogP contribution in [0.3, 0.4) is 0 Å². The molecule has 0 aliphatic carbocycles. The summed E-state index contributed by atoms with van der Waals surface area (Å²) in [4.78, 5) is 157. The number of H-pyrrole nitrogens is 2. The number of aromatic nitrogens is 2. The second-order valence-electron chi connectivity index (χ2n) is 21.1. The van der Waals surface area contributed by atoms with Gasteiger partial charge < -0.3 is 99.9 Å². The lowest BCUT2D eigenvalue weighted by atomic mass is 9.98. The van der Waals surface area contributed by atoms with Crippen molar-refractivity contribution in [3.8, 4) is 23.0 Å². The average Bonchev–Trinajstić information content (AvgIpc) is 1.57. The monoisotopic (exact) mass is 1390 g/mol. The maximum absolute atomic E-state index is 14.5. The van der Waals surface area contributed by atoms with E-state index in [4.69, 9.17) is 60.1 Å². The Morgan fingerprint density at radius 3 is 1.91 bits per heavy atom. The van der Waals surface area contributed by atoms with Gasteiger partial charge in [-0.1, -0.05) is 0 Å². The molecule has 5 rings (SSSR count). The number of nitrogens with two attached hydrogens (primary N) is 1. The highest BCUT2D eigenvalue weighted by Gasteiger charge is 2.41. The first-order valence-corrected chi connectivity index (χ1v) is 32.0. The molecule has 0 fully saturated rings. The zero-order valence-electron chi connectivity index (χ0n) is 51.7. The molecule has 7 amide bonds. The van der Waals surface area contributed by atoms with Crippen LogP contribution < -0.4 is 61.4 Å². The van der Waals surface area contributed by atoms with Crippen LogP contribution in [0, 0.1) is 0 Å². The molecule has 2 aromatic heterocycles. The average molecular weight is 1390 g/mol. The number of urea groups is 1. The minimum Gasteiger partial charge on any atom is -0.493 e. The molecule has 1 aliphatic rings. The van der Waals surface area contributed by atoms with E-state index in [9.17, 15) is 77.1 Å². The zero-order valence-corrected chi connectivity index (χ0v) is 54.2. The molecule has 0 saturated carbocycles. The number of nitrogens with one attached hydrogen (secondary N) is 8. The summed E-state index contributed by atoms with van der Waals surface area (Å²) in [5.74, 6) is -4.10. The molecule has 6 atom stereocenters. The number of phosphoric acid groups is 2. The number of benzene rings is 2. The van der Waals surface area contributed by atoms with E-state index >= 15 is 0 Å². The van der Waals surface area contributed by atoms with Gasteiger partial charge in [-0.3, -0.25) is 43.0 Å². The Bertz CT molecular complexity index is 3510. The minimum absolute atomic E-state index is 0.00881. The molecule has 37 nitrogen and oxygen atoms in total. The van der Waals surface area contributed by atoms with Crippen LogP contribution in [-0.4, -0.2) is 212 Å². The van der Waals surface area contributed by atoms with Crippen molar-refractivity contribution < 1.29 is 129 Å².